The number of carbonyl (C=O) groups excluding carboxylic acids is 1. The largest absolute Gasteiger partial charge is 0.387 e. The number of aryl methyl sites for hydroxylation is 3. The molecular weight excluding hydrogens is 326 g/mol. The van der Waals surface area contributed by atoms with Crippen molar-refractivity contribution in [3.63, 3.8) is 0 Å². The minimum Gasteiger partial charge on any atom is -0.387 e. The van der Waals surface area contributed by atoms with Crippen molar-refractivity contribution < 1.29 is 9.90 Å². The Labute approximate surface area is 147 Å². The second kappa shape index (κ2) is 7.81. The van der Waals surface area contributed by atoms with Crippen LogP contribution in [0.4, 0.5) is 0 Å². The van der Waals surface area contributed by atoms with Crippen LogP contribution in [-0.4, -0.2) is 38.8 Å². The number of hydrogen-bond acceptors (Lipinski definition) is 3. The van der Waals surface area contributed by atoms with Gasteiger partial charge in [-0.2, -0.15) is 5.10 Å². The molecule has 0 spiro atoms. The minimum absolute atomic E-state index is 0.0679. The Hall–Kier alpha value is -1.85. The first-order valence-corrected chi connectivity index (χ1v) is 8.41. The molecule has 0 fully saturated rings. The van der Waals surface area contributed by atoms with E-state index in [9.17, 15) is 9.90 Å². The topological polar surface area (TPSA) is 58.4 Å². The predicted octanol–water partition coefficient (Wildman–Crippen LogP) is 2.81. The average Bonchev–Trinajstić information content (AvgIpc) is 2.79. The molecule has 0 saturated carbocycles. The van der Waals surface area contributed by atoms with E-state index in [0.29, 0.717) is 11.7 Å². The van der Waals surface area contributed by atoms with Crippen LogP contribution in [0, 0.1) is 13.8 Å². The summed E-state index contributed by atoms with van der Waals surface area (Å²) in [6, 6.07) is 7.69. The molecule has 5 nitrogen and oxygen atoms in total. The van der Waals surface area contributed by atoms with Crippen LogP contribution in [0.5, 0.6) is 0 Å². The van der Waals surface area contributed by atoms with Gasteiger partial charge in [-0.1, -0.05) is 41.4 Å². The highest BCUT2D eigenvalue weighted by Crippen LogP contribution is 2.21. The number of halogens is 1. The van der Waals surface area contributed by atoms with E-state index in [1.54, 1.807) is 16.6 Å². The number of rotatable bonds is 6. The fraction of sp³-hybridized carbons (Fsp3) is 0.444. The van der Waals surface area contributed by atoms with E-state index in [0.717, 1.165) is 22.4 Å². The number of hydrogen-bond donors (Lipinski definition) is 1. The first-order valence-electron chi connectivity index (χ1n) is 8.03. The quantitative estimate of drug-likeness (QED) is 0.872. The van der Waals surface area contributed by atoms with Crippen LogP contribution in [0.1, 0.15) is 35.4 Å². The summed E-state index contributed by atoms with van der Waals surface area (Å²) in [4.78, 5) is 14.2. The molecule has 6 heteroatoms. The Kier molecular flexibility index (Phi) is 6.02. The number of carbonyl (C=O) groups is 1. The summed E-state index contributed by atoms with van der Waals surface area (Å²) >= 11 is 6.20. The maximum absolute atomic E-state index is 12.6. The second-order valence-corrected chi connectivity index (χ2v) is 6.37. The molecule has 0 saturated heterocycles. The molecule has 2 rings (SSSR count). The van der Waals surface area contributed by atoms with Crippen LogP contribution in [0.15, 0.2) is 24.3 Å². The first kappa shape index (κ1) is 18.5. The molecule has 2 aromatic rings. The molecule has 0 bridgehead atoms. The summed E-state index contributed by atoms with van der Waals surface area (Å²) in [6.45, 7) is 6.52. The first-order chi connectivity index (χ1) is 11.3. The third kappa shape index (κ3) is 4.16. The second-order valence-electron chi connectivity index (χ2n) is 6.01. The van der Waals surface area contributed by atoms with E-state index < -0.39 is 6.10 Å². The van der Waals surface area contributed by atoms with Gasteiger partial charge in [0.1, 0.15) is 5.15 Å². The van der Waals surface area contributed by atoms with Crippen molar-refractivity contribution in [2.45, 2.75) is 33.3 Å². The third-order valence-electron chi connectivity index (χ3n) is 4.19. The van der Waals surface area contributed by atoms with Crippen LogP contribution in [-0.2, 0) is 18.3 Å². The Morgan fingerprint density at radius 1 is 1.33 bits per heavy atom. The van der Waals surface area contributed by atoms with Crippen molar-refractivity contribution >= 4 is 17.5 Å². The summed E-state index contributed by atoms with van der Waals surface area (Å²) in [6.07, 6.45) is -0.521. The van der Waals surface area contributed by atoms with Crippen molar-refractivity contribution in [3.8, 4) is 0 Å². The summed E-state index contributed by atoms with van der Waals surface area (Å²) in [5.41, 5.74) is 3.44. The van der Waals surface area contributed by atoms with Crippen LogP contribution in [0.25, 0.3) is 0 Å². The van der Waals surface area contributed by atoms with Crippen LogP contribution in [0.3, 0.4) is 0 Å². The van der Waals surface area contributed by atoms with Crippen LogP contribution in [0.2, 0.25) is 5.15 Å². The highest BCUT2D eigenvalue weighted by molar-refractivity contribution is 6.30. The molecule has 1 unspecified atom stereocenters. The number of likely N-dealkylation sites (N-methyl/N-ethyl adjacent to an activating group) is 1. The molecule has 0 aliphatic rings. The fourth-order valence-corrected chi connectivity index (χ4v) is 2.89. The van der Waals surface area contributed by atoms with Gasteiger partial charge < -0.3 is 10.0 Å². The van der Waals surface area contributed by atoms with Gasteiger partial charge in [0.2, 0.25) is 5.91 Å². The van der Waals surface area contributed by atoms with Gasteiger partial charge in [0.15, 0.2) is 0 Å². The molecule has 1 heterocycles. The molecule has 0 aliphatic carbocycles. The van der Waals surface area contributed by atoms with Crippen molar-refractivity contribution in [2.75, 3.05) is 13.1 Å². The van der Waals surface area contributed by atoms with Crippen LogP contribution < -0.4 is 0 Å². The van der Waals surface area contributed by atoms with Gasteiger partial charge in [-0.3, -0.25) is 9.48 Å². The fourth-order valence-electron chi connectivity index (χ4n) is 2.65. The summed E-state index contributed by atoms with van der Waals surface area (Å²) in [7, 11) is 1.75. The summed E-state index contributed by atoms with van der Waals surface area (Å²) < 4.78 is 1.57. The molecule has 1 N–H and O–H groups in total. The maximum Gasteiger partial charge on any atom is 0.227 e. The molecule has 130 valence electrons. The van der Waals surface area contributed by atoms with Crippen molar-refractivity contribution in [1.82, 2.24) is 14.7 Å². The summed E-state index contributed by atoms with van der Waals surface area (Å²) in [5, 5.41) is 15.1. The molecule has 0 radical (unpaired) electrons. The predicted molar refractivity (Wildman–Crippen MR) is 95.1 cm³/mol. The van der Waals surface area contributed by atoms with Gasteiger partial charge in [0.05, 0.1) is 24.8 Å². The number of aliphatic hydroxyl groups excluding tert-OH is 1. The lowest BCUT2D eigenvalue weighted by Crippen LogP contribution is -2.35. The lowest BCUT2D eigenvalue weighted by Gasteiger charge is -2.24. The van der Waals surface area contributed by atoms with Gasteiger partial charge in [-0.15, -0.1) is 0 Å². The molecule has 1 atom stereocenters. The average molecular weight is 350 g/mol. The number of aliphatic hydroxyl groups is 1. The monoisotopic (exact) mass is 349 g/mol. The molecular formula is C18H24ClN3O2. The molecule has 0 aliphatic heterocycles. The van der Waals surface area contributed by atoms with E-state index >= 15 is 0 Å². The van der Waals surface area contributed by atoms with Crippen molar-refractivity contribution in [1.29, 1.82) is 0 Å². The van der Waals surface area contributed by atoms with E-state index in [1.807, 2.05) is 45.0 Å². The number of amides is 1. The molecule has 24 heavy (non-hydrogen) atoms. The zero-order chi connectivity index (χ0) is 17.9. The Morgan fingerprint density at radius 3 is 2.46 bits per heavy atom. The van der Waals surface area contributed by atoms with Crippen molar-refractivity contribution in [2.24, 2.45) is 7.05 Å². The van der Waals surface area contributed by atoms with E-state index in [2.05, 4.69) is 5.10 Å². The molecule has 1 amide bonds. The third-order valence-corrected chi connectivity index (χ3v) is 4.66. The SMILES string of the molecule is CCN(CC(O)c1ccc(C)cc1)C(=O)Cc1c(C)nn(C)c1Cl. The number of benzene rings is 1. The van der Waals surface area contributed by atoms with Gasteiger partial charge in [0.25, 0.3) is 0 Å². The van der Waals surface area contributed by atoms with Gasteiger partial charge in [0, 0.05) is 19.2 Å². The van der Waals surface area contributed by atoms with Gasteiger partial charge >= 0.3 is 0 Å². The zero-order valence-corrected chi connectivity index (χ0v) is 15.3. The van der Waals surface area contributed by atoms with Crippen LogP contribution >= 0.6 is 11.6 Å². The highest BCUT2D eigenvalue weighted by Gasteiger charge is 2.21. The van der Waals surface area contributed by atoms with E-state index in [1.165, 1.54) is 0 Å². The zero-order valence-electron chi connectivity index (χ0n) is 14.6. The highest BCUT2D eigenvalue weighted by atomic mass is 35.5. The minimum atomic E-state index is -0.708. The van der Waals surface area contributed by atoms with E-state index in [-0.39, 0.29) is 18.9 Å². The Bertz CT molecular complexity index is 710. The molecule has 1 aromatic carbocycles. The Morgan fingerprint density at radius 2 is 1.96 bits per heavy atom. The summed E-state index contributed by atoms with van der Waals surface area (Å²) in [5.74, 6) is -0.0679. The smallest absolute Gasteiger partial charge is 0.227 e. The lowest BCUT2D eigenvalue weighted by atomic mass is 10.1. The number of nitrogens with zero attached hydrogens (tertiary/aromatic N) is 3. The normalized spacial score (nSPS) is 12.2. The van der Waals surface area contributed by atoms with Crippen molar-refractivity contribution in [3.05, 3.63) is 51.8 Å². The standard InChI is InChI=1S/C18H24ClN3O2/c1-5-22(11-16(23)14-8-6-12(2)7-9-14)17(24)10-15-13(3)20-21(4)18(15)19/h6-9,16,23H,5,10-11H2,1-4H3. The lowest BCUT2D eigenvalue weighted by molar-refractivity contribution is -0.131. The van der Waals surface area contributed by atoms with Gasteiger partial charge in [-0.05, 0) is 26.3 Å². The van der Waals surface area contributed by atoms with Gasteiger partial charge in [-0.25, -0.2) is 0 Å². The number of aromatic nitrogens is 2. The van der Waals surface area contributed by atoms with E-state index in [4.69, 9.17) is 11.6 Å². The maximum atomic E-state index is 12.6. The molecule has 1 aromatic heterocycles. The Balaban J connectivity index is 2.07.